The number of amides is 2. The van der Waals surface area contributed by atoms with Crippen molar-refractivity contribution in [3.8, 4) is 17.2 Å². The van der Waals surface area contributed by atoms with Gasteiger partial charge < -0.3 is 33.5 Å². The molecule has 0 aromatic heterocycles. The molecule has 2 amide bonds. The molecule has 1 aliphatic rings. The lowest BCUT2D eigenvalue weighted by Gasteiger charge is -2.30. The number of hydrogen-bond acceptors (Lipinski definition) is 9. The van der Waals surface area contributed by atoms with E-state index in [1.54, 1.807) is 30.3 Å². The van der Waals surface area contributed by atoms with Crippen molar-refractivity contribution in [3.05, 3.63) is 83.4 Å². The molecule has 0 fully saturated rings. The van der Waals surface area contributed by atoms with Crippen LogP contribution in [0.25, 0.3) is 0 Å². The fourth-order valence-corrected chi connectivity index (χ4v) is 4.67. The Morgan fingerprint density at radius 1 is 0.762 bits per heavy atom. The number of carbonyl (C=O) groups is 4. The summed E-state index contributed by atoms with van der Waals surface area (Å²) in [5.74, 6) is -1.15. The van der Waals surface area contributed by atoms with Crippen molar-refractivity contribution in [1.29, 1.82) is 0 Å². The number of esters is 2. The van der Waals surface area contributed by atoms with Crippen molar-refractivity contribution in [1.82, 2.24) is 4.90 Å². The fraction of sp³-hybridized carbons (Fsp3) is 0.290. The maximum absolute atomic E-state index is 14.3. The second-order valence-corrected chi connectivity index (χ2v) is 9.38. The smallest absolute Gasteiger partial charge is 0.343 e. The summed E-state index contributed by atoms with van der Waals surface area (Å²) >= 11 is 0. The highest BCUT2D eigenvalue weighted by molar-refractivity contribution is 6.12. The van der Waals surface area contributed by atoms with Crippen LogP contribution in [-0.4, -0.2) is 69.7 Å². The minimum Gasteiger partial charge on any atom is -0.493 e. The third-order valence-corrected chi connectivity index (χ3v) is 6.82. The van der Waals surface area contributed by atoms with Crippen LogP contribution in [0.2, 0.25) is 0 Å². The standard InChI is InChI=1S/C31H32N2O9/c1-38-26-14-23-24(15-27(26)39-2)32(17-20-9-6-5-7-10-20)31(37)25(16-28(34)40-3)33(30(23)36)18-21-11-8-12-22(13-21)42-19-29(35)41-4/h5-15,25H,16-19H2,1-4H3/t25-/m0/s1. The lowest BCUT2D eigenvalue weighted by Crippen LogP contribution is -2.49. The molecule has 42 heavy (non-hydrogen) atoms. The minimum absolute atomic E-state index is 0.0470. The predicted molar refractivity (Wildman–Crippen MR) is 151 cm³/mol. The third kappa shape index (κ3) is 6.63. The molecule has 3 aromatic rings. The molecule has 0 N–H and O–H groups in total. The molecular weight excluding hydrogens is 544 g/mol. The van der Waals surface area contributed by atoms with Crippen LogP contribution in [0.1, 0.15) is 27.9 Å². The van der Waals surface area contributed by atoms with Crippen LogP contribution < -0.4 is 19.1 Å². The summed E-state index contributed by atoms with van der Waals surface area (Å²) in [6.45, 7) is -0.206. The van der Waals surface area contributed by atoms with Crippen LogP contribution in [0.15, 0.2) is 66.7 Å². The van der Waals surface area contributed by atoms with E-state index in [1.807, 2.05) is 30.3 Å². The largest absolute Gasteiger partial charge is 0.493 e. The molecule has 1 heterocycles. The van der Waals surface area contributed by atoms with Gasteiger partial charge >= 0.3 is 11.9 Å². The fourth-order valence-electron chi connectivity index (χ4n) is 4.67. The molecule has 0 aliphatic carbocycles. The molecule has 0 saturated carbocycles. The molecule has 11 nitrogen and oxygen atoms in total. The Morgan fingerprint density at radius 2 is 1.43 bits per heavy atom. The van der Waals surface area contributed by atoms with E-state index < -0.39 is 29.8 Å². The van der Waals surface area contributed by atoms with Crippen molar-refractivity contribution >= 4 is 29.4 Å². The molecule has 0 bridgehead atoms. The highest BCUT2D eigenvalue weighted by atomic mass is 16.6. The average Bonchev–Trinajstić information content (AvgIpc) is 3.09. The first kappa shape index (κ1) is 29.9. The zero-order valence-corrected chi connectivity index (χ0v) is 23.8. The Balaban J connectivity index is 1.82. The van der Waals surface area contributed by atoms with Crippen molar-refractivity contribution < 1.29 is 42.9 Å². The van der Waals surface area contributed by atoms with Gasteiger partial charge in [-0.25, -0.2) is 4.79 Å². The third-order valence-electron chi connectivity index (χ3n) is 6.82. The molecule has 1 atom stereocenters. The minimum atomic E-state index is -1.20. The Labute approximate surface area is 243 Å². The number of methoxy groups -OCH3 is 4. The normalized spacial score (nSPS) is 14.5. The molecule has 11 heteroatoms. The SMILES string of the molecule is COC(=O)COc1cccc(CN2C(=O)c3cc(OC)c(OC)cc3N(Cc3ccccc3)C(=O)[C@@H]2CC(=O)OC)c1. The first-order valence-corrected chi connectivity index (χ1v) is 13.1. The molecule has 0 spiro atoms. The van der Waals surface area contributed by atoms with Gasteiger partial charge in [0, 0.05) is 12.6 Å². The zero-order valence-electron chi connectivity index (χ0n) is 23.8. The molecule has 0 radical (unpaired) electrons. The van der Waals surface area contributed by atoms with Crippen molar-refractivity contribution in [2.45, 2.75) is 25.6 Å². The van der Waals surface area contributed by atoms with E-state index in [-0.39, 0.29) is 31.7 Å². The van der Waals surface area contributed by atoms with Crippen LogP contribution in [0.4, 0.5) is 5.69 Å². The second-order valence-electron chi connectivity index (χ2n) is 9.38. The molecule has 220 valence electrons. The van der Waals surface area contributed by atoms with E-state index in [9.17, 15) is 19.2 Å². The van der Waals surface area contributed by atoms with E-state index in [0.717, 1.165) is 5.56 Å². The Bertz CT molecular complexity index is 1460. The molecule has 4 rings (SSSR count). The van der Waals surface area contributed by atoms with Gasteiger partial charge in [0.2, 0.25) is 0 Å². The predicted octanol–water partition coefficient (Wildman–Crippen LogP) is 3.38. The van der Waals surface area contributed by atoms with Gasteiger partial charge in [-0.15, -0.1) is 0 Å². The number of carbonyl (C=O) groups excluding carboxylic acids is 4. The van der Waals surface area contributed by atoms with E-state index >= 15 is 0 Å². The van der Waals surface area contributed by atoms with Crippen LogP contribution in [0.3, 0.4) is 0 Å². The summed E-state index contributed by atoms with van der Waals surface area (Å²) < 4.78 is 26.0. The van der Waals surface area contributed by atoms with Crippen molar-refractivity contribution in [2.75, 3.05) is 39.9 Å². The van der Waals surface area contributed by atoms with Gasteiger partial charge in [-0.3, -0.25) is 14.4 Å². The zero-order chi connectivity index (χ0) is 30.2. The Morgan fingerprint density at radius 3 is 2.10 bits per heavy atom. The topological polar surface area (TPSA) is 121 Å². The highest BCUT2D eigenvalue weighted by Gasteiger charge is 2.41. The monoisotopic (exact) mass is 576 g/mol. The first-order valence-electron chi connectivity index (χ1n) is 13.1. The van der Waals surface area contributed by atoms with Gasteiger partial charge in [0.25, 0.3) is 11.8 Å². The van der Waals surface area contributed by atoms with Gasteiger partial charge in [-0.05, 0) is 29.3 Å². The van der Waals surface area contributed by atoms with E-state index in [2.05, 4.69) is 4.74 Å². The number of anilines is 1. The first-order chi connectivity index (χ1) is 20.3. The van der Waals surface area contributed by atoms with Gasteiger partial charge in [0.15, 0.2) is 18.1 Å². The van der Waals surface area contributed by atoms with Crippen LogP contribution in [0, 0.1) is 0 Å². The van der Waals surface area contributed by atoms with E-state index in [1.165, 1.54) is 44.3 Å². The van der Waals surface area contributed by atoms with Crippen molar-refractivity contribution in [3.63, 3.8) is 0 Å². The highest BCUT2D eigenvalue weighted by Crippen LogP contribution is 2.39. The van der Waals surface area contributed by atoms with E-state index in [4.69, 9.17) is 18.9 Å². The lowest BCUT2D eigenvalue weighted by atomic mass is 10.1. The van der Waals surface area contributed by atoms with Crippen LogP contribution in [-0.2, 0) is 36.9 Å². The summed E-state index contributed by atoms with van der Waals surface area (Å²) in [4.78, 5) is 55.5. The van der Waals surface area contributed by atoms with Gasteiger partial charge in [0.05, 0.1) is 52.7 Å². The summed E-state index contributed by atoms with van der Waals surface area (Å²) in [7, 11) is 5.41. The molecule has 3 aromatic carbocycles. The maximum Gasteiger partial charge on any atom is 0.343 e. The summed E-state index contributed by atoms with van der Waals surface area (Å²) in [5, 5.41) is 0. The number of ether oxygens (including phenoxy) is 5. The second kappa shape index (κ2) is 13.5. The molecular formula is C31H32N2O9. The van der Waals surface area contributed by atoms with Gasteiger partial charge in [-0.1, -0.05) is 42.5 Å². The Kier molecular flexibility index (Phi) is 9.64. The maximum atomic E-state index is 14.3. The molecule has 0 unspecified atom stereocenters. The summed E-state index contributed by atoms with van der Waals surface area (Å²) in [5.41, 5.74) is 1.94. The summed E-state index contributed by atoms with van der Waals surface area (Å²) in [6, 6.07) is 18.0. The van der Waals surface area contributed by atoms with Gasteiger partial charge in [0.1, 0.15) is 11.8 Å². The number of benzene rings is 3. The number of nitrogens with zero attached hydrogens (tertiary/aromatic N) is 2. The van der Waals surface area contributed by atoms with Gasteiger partial charge in [-0.2, -0.15) is 0 Å². The molecule has 0 saturated heterocycles. The average molecular weight is 577 g/mol. The summed E-state index contributed by atoms with van der Waals surface area (Å²) in [6.07, 6.45) is -0.368. The van der Waals surface area contributed by atoms with Crippen molar-refractivity contribution in [2.24, 2.45) is 0 Å². The van der Waals surface area contributed by atoms with Crippen LogP contribution >= 0.6 is 0 Å². The number of hydrogen-bond donors (Lipinski definition) is 0. The lowest BCUT2D eigenvalue weighted by molar-refractivity contribution is -0.144. The Hall–Kier alpha value is -5.06. The molecule has 1 aliphatic heterocycles. The van der Waals surface area contributed by atoms with E-state index in [0.29, 0.717) is 28.5 Å². The van der Waals surface area contributed by atoms with Crippen LogP contribution in [0.5, 0.6) is 17.2 Å². The number of rotatable bonds is 11. The quantitative estimate of drug-likeness (QED) is 0.316. The number of fused-ring (bicyclic) bond motifs is 1.